The lowest BCUT2D eigenvalue weighted by Gasteiger charge is -2.11. The monoisotopic (exact) mass is 431 g/mol. The molecule has 1 aliphatic rings. The average molecular weight is 432 g/mol. The molecule has 1 N–H and O–H groups in total. The number of carbonyl (C=O) groups excluding carboxylic acids is 1. The van der Waals surface area contributed by atoms with E-state index in [1.54, 1.807) is 13.2 Å². The van der Waals surface area contributed by atoms with Crippen molar-refractivity contribution in [3.63, 3.8) is 0 Å². The highest BCUT2D eigenvalue weighted by Gasteiger charge is 2.22. The molecule has 2 aromatic rings. The van der Waals surface area contributed by atoms with Crippen LogP contribution in [-0.2, 0) is 9.53 Å². The number of rotatable bonds is 11. The molecule has 162 valence electrons. The average Bonchev–Trinajstić information content (AvgIpc) is 3.44. The minimum absolute atomic E-state index is 0.00328. The Morgan fingerprint density at radius 2 is 2.20 bits per heavy atom. The van der Waals surface area contributed by atoms with Crippen molar-refractivity contribution in [2.24, 2.45) is 0 Å². The summed E-state index contributed by atoms with van der Waals surface area (Å²) in [5.41, 5.74) is 0.845. The Balaban J connectivity index is 1.52. The maximum atomic E-state index is 12.2. The predicted molar refractivity (Wildman–Crippen MR) is 118 cm³/mol. The predicted octanol–water partition coefficient (Wildman–Crippen LogP) is 5.01. The third kappa shape index (κ3) is 6.53. The number of hydrogen-bond acceptors (Lipinski definition) is 7. The molecule has 2 heterocycles. The zero-order valence-corrected chi connectivity index (χ0v) is 18.4. The van der Waals surface area contributed by atoms with Gasteiger partial charge in [-0.3, -0.25) is 10.1 Å². The SMILES string of the molecule is CCCCCCOc1ccc(/C=C/C(=O)Nc2nnc([C@@H]3CCCO3)s2)cc1OC. The van der Waals surface area contributed by atoms with E-state index in [4.69, 9.17) is 14.2 Å². The molecular weight excluding hydrogens is 402 g/mol. The minimum atomic E-state index is -0.264. The smallest absolute Gasteiger partial charge is 0.250 e. The number of methoxy groups -OCH3 is 1. The first kappa shape index (κ1) is 22.2. The number of amides is 1. The molecule has 1 fully saturated rings. The number of benzene rings is 1. The first-order valence-corrected chi connectivity index (χ1v) is 11.3. The molecule has 1 saturated heterocycles. The van der Waals surface area contributed by atoms with E-state index in [-0.39, 0.29) is 12.0 Å². The zero-order valence-electron chi connectivity index (χ0n) is 17.6. The van der Waals surface area contributed by atoms with E-state index in [0.29, 0.717) is 23.2 Å². The fourth-order valence-corrected chi connectivity index (χ4v) is 3.96. The number of nitrogens with zero attached hydrogens (tertiary/aromatic N) is 2. The van der Waals surface area contributed by atoms with Crippen LogP contribution in [0.1, 0.15) is 62.1 Å². The molecule has 1 aromatic heterocycles. The highest BCUT2D eigenvalue weighted by Crippen LogP contribution is 2.32. The molecule has 0 bridgehead atoms. The minimum Gasteiger partial charge on any atom is -0.493 e. The van der Waals surface area contributed by atoms with Crippen molar-refractivity contribution >= 4 is 28.5 Å². The Labute approximate surface area is 181 Å². The van der Waals surface area contributed by atoms with Crippen molar-refractivity contribution in [3.05, 3.63) is 34.8 Å². The quantitative estimate of drug-likeness (QED) is 0.398. The topological polar surface area (TPSA) is 82.6 Å². The molecule has 0 radical (unpaired) electrons. The van der Waals surface area contributed by atoms with Gasteiger partial charge in [-0.1, -0.05) is 43.6 Å². The second-order valence-electron chi connectivity index (χ2n) is 7.09. The molecule has 30 heavy (non-hydrogen) atoms. The molecule has 1 atom stereocenters. The Hall–Kier alpha value is -2.45. The number of aromatic nitrogens is 2. The van der Waals surface area contributed by atoms with E-state index in [0.717, 1.165) is 36.4 Å². The lowest BCUT2D eigenvalue weighted by atomic mass is 10.2. The molecule has 0 spiro atoms. The van der Waals surface area contributed by atoms with E-state index in [1.165, 1.54) is 36.7 Å². The molecule has 0 saturated carbocycles. The van der Waals surface area contributed by atoms with Crippen LogP contribution in [0.3, 0.4) is 0 Å². The summed E-state index contributed by atoms with van der Waals surface area (Å²) in [6.45, 7) is 3.61. The maximum absolute atomic E-state index is 12.2. The van der Waals surface area contributed by atoms with Crippen molar-refractivity contribution in [3.8, 4) is 11.5 Å². The maximum Gasteiger partial charge on any atom is 0.250 e. The molecular formula is C22H29N3O4S. The first-order chi connectivity index (χ1) is 14.7. The summed E-state index contributed by atoms with van der Waals surface area (Å²) in [4.78, 5) is 12.2. The van der Waals surface area contributed by atoms with Crippen LogP contribution in [0, 0.1) is 0 Å². The van der Waals surface area contributed by atoms with Gasteiger partial charge in [0.2, 0.25) is 11.0 Å². The lowest BCUT2D eigenvalue weighted by Crippen LogP contribution is -2.07. The largest absolute Gasteiger partial charge is 0.493 e. The number of nitrogens with one attached hydrogen (secondary N) is 1. The molecule has 1 amide bonds. The molecule has 7 nitrogen and oxygen atoms in total. The Bertz CT molecular complexity index is 847. The van der Waals surface area contributed by atoms with Gasteiger partial charge < -0.3 is 14.2 Å². The third-order valence-electron chi connectivity index (χ3n) is 4.75. The van der Waals surface area contributed by atoms with E-state index >= 15 is 0 Å². The summed E-state index contributed by atoms with van der Waals surface area (Å²) < 4.78 is 16.9. The van der Waals surface area contributed by atoms with Crippen LogP contribution in [0.4, 0.5) is 5.13 Å². The van der Waals surface area contributed by atoms with Gasteiger partial charge in [0.05, 0.1) is 13.7 Å². The number of carbonyl (C=O) groups is 1. The molecule has 1 aliphatic heterocycles. The van der Waals surface area contributed by atoms with Gasteiger partial charge in [0.15, 0.2) is 11.5 Å². The van der Waals surface area contributed by atoms with Gasteiger partial charge in [-0.05, 0) is 43.0 Å². The Kier molecular flexibility index (Phi) is 8.65. The van der Waals surface area contributed by atoms with Gasteiger partial charge in [0.25, 0.3) is 0 Å². The van der Waals surface area contributed by atoms with Crippen LogP contribution in [0.25, 0.3) is 6.08 Å². The van der Waals surface area contributed by atoms with Crippen LogP contribution < -0.4 is 14.8 Å². The summed E-state index contributed by atoms with van der Waals surface area (Å²) in [6.07, 6.45) is 9.79. The van der Waals surface area contributed by atoms with E-state index in [9.17, 15) is 4.79 Å². The van der Waals surface area contributed by atoms with Crippen molar-refractivity contribution in [2.45, 2.75) is 51.6 Å². The molecule has 8 heteroatoms. The van der Waals surface area contributed by atoms with Crippen LogP contribution >= 0.6 is 11.3 Å². The number of ether oxygens (including phenoxy) is 3. The van der Waals surface area contributed by atoms with Gasteiger partial charge in [-0.15, -0.1) is 10.2 Å². The third-order valence-corrected chi connectivity index (χ3v) is 5.68. The van der Waals surface area contributed by atoms with Gasteiger partial charge in [0, 0.05) is 12.7 Å². The second kappa shape index (κ2) is 11.7. The fraction of sp³-hybridized carbons (Fsp3) is 0.500. The van der Waals surface area contributed by atoms with Gasteiger partial charge in [-0.2, -0.15) is 0 Å². The zero-order chi connectivity index (χ0) is 21.2. The normalized spacial score (nSPS) is 16.1. The fourth-order valence-electron chi connectivity index (χ4n) is 3.12. The van der Waals surface area contributed by atoms with Crippen molar-refractivity contribution in [1.82, 2.24) is 10.2 Å². The van der Waals surface area contributed by atoms with E-state index < -0.39 is 0 Å². The van der Waals surface area contributed by atoms with Gasteiger partial charge in [-0.25, -0.2) is 0 Å². The second-order valence-corrected chi connectivity index (χ2v) is 8.10. The summed E-state index contributed by atoms with van der Waals surface area (Å²) in [6, 6.07) is 5.62. The highest BCUT2D eigenvalue weighted by atomic mass is 32.1. The summed E-state index contributed by atoms with van der Waals surface area (Å²) in [7, 11) is 1.61. The standard InChI is InChI=1S/C22H29N3O4S/c1-3-4-5-6-13-28-17-11-9-16(15-19(17)27-2)10-12-20(26)23-22-25-24-21(30-22)18-8-7-14-29-18/h9-12,15,18H,3-8,13-14H2,1-2H3,(H,23,25,26)/b12-10+/t18-/m0/s1. The first-order valence-electron chi connectivity index (χ1n) is 10.4. The van der Waals surface area contributed by atoms with Crippen molar-refractivity contribution in [1.29, 1.82) is 0 Å². The molecule has 1 aromatic carbocycles. The highest BCUT2D eigenvalue weighted by molar-refractivity contribution is 7.15. The Morgan fingerprint density at radius 1 is 1.30 bits per heavy atom. The number of unbranched alkanes of at least 4 members (excludes halogenated alkanes) is 3. The summed E-state index contributed by atoms with van der Waals surface area (Å²) in [5, 5.41) is 12.2. The van der Waals surface area contributed by atoms with Crippen LogP contribution in [-0.4, -0.2) is 36.4 Å². The molecule has 0 unspecified atom stereocenters. The van der Waals surface area contributed by atoms with Crippen molar-refractivity contribution < 1.29 is 19.0 Å². The van der Waals surface area contributed by atoms with Crippen LogP contribution in [0.15, 0.2) is 24.3 Å². The van der Waals surface area contributed by atoms with Crippen LogP contribution in [0.5, 0.6) is 11.5 Å². The van der Waals surface area contributed by atoms with Gasteiger partial charge >= 0.3 is 0 Å². The Morgan fingerprint density at radius 3 is 2.97 bits per heavy atom. The summed E-state index contributed by atoms with van der Waals surface area (Å²) >= 11 is 1.35. The van der Waals surface area contributed by atoms with Crippen LogP contribution in [0.2, 0.25) is 0 Å². The number of anilines is 1. The van der Waals surface area contributed by atoms with E-state index in [1.807, 2.05) is 18.2 Å². The lowest BCUT2D eigenvalue weighted by molar-refractivity contribution is -0.111. The molecule has 3 rings (SSSR count). The van der Waals surface area contributed by atoms with Gasteiger partial charge in [0.1, 0.15) is 11.1 Å². The van der Waals surface area contributed by atoms with Crippen molar-refractivity contribution in [2.75, 3.05) is 25.6 Å². The number of hydrogen-bond donors (Lipinski definition) is 1. The van der Waals surface area contributed by atoms with E-state index in [2.05, 4.69) is 22.4 Å². The molecule has 0 aliphatic carbocycles. The summed E-state index contributed by atoms with van der Waals surface area (Å²) in [5.74, 6) is 1.10.